The Morgan fingerprint density at radius 2 is 2.22 bits per heavy atom. The molecular formula is C12H19Cl2N3O. The molecule has 0 aromatic carbocycles. The number of aromatic nitrogens is 1. The zero-order chi connectivity index (χ0) is 11.6. The Morgan fingerprint density at radius 1 is 1.56 bits per heavy atom. The molecule has 1 unspecified atom stereocenters. The molecule has 0 aliphatic heterocycles. The first kappa shape index (κ1) is 17.2. The quantitative estimate of drug-likeness (QED) is 0.889. The number of carbonyl (C=O) groups excluding carboxylic acids is 1. The van der Waals surface area contributed by atoms with E-state index in [9.17, 15) is 4.79 Å². The Hall–Kier alpha value is -0.840. The van der Waals surface area contributed by atoms with Crippen LogP contribution < -0.4 is 11.1 Å². The highest BCUT2D eigenvalue weighted by atomic mass is 35.5. The predicted octanol–water partition coefficient (Wildman–Crippen LogP) is 1.78. The molecule has 1 fully saturated rings. The van der Waals surface area contributed by atoms with Gasteiger partial charge in [-0.25, -0.2) is 0 Å². The third-order valence-corrected chi connectivity index (χ3v) is 3.23. The van der Waals surface area contributed by atoms with Gasteiger partial charge in [0.05, 0.1) is 11.1 Å². The Bertz CT molecular complexity index is 384. The fraction of sp³-hybridized carbons (Fsp3) is 0.500. The molecule has 1 aromatic rings. The van der Waals surface area contributed by atoms with Crippen LogP contribution in [0.5, 0.6) is 0 Å². The molecule has 1 heterocycles. The summed E-state index contributed by atoms with van der Waals surface area (Å²) in [6, 6.07) is 3.51. The molecule has 0 bridgehead atoms. The Kier molecular flexibility index (Phi) is 6.60. The number of nitrogens with zero attached hydrogens (tertiary/aromatic N) is 1. The summed E-state index contributed by atoms with van der Waals surface area (Å²) < 4.78 is 0. The van der Waals surface area contributed by atoms with Crippen molar-refractivity contribution in [1.29, 1.82) is 0 Å². The van der Waals surface area contributed by atoms with Crippen LogP contribution in [0.4, 0.5) is 0 Å². The van der Waals surface area contributed by atoms with Gasteiger partial charge in [-0.05, 0) is 37.8 Å². The first-order chi connectivity index (χ1) is 7.65. The summed E-state index contributed by atoms with van der Waals surface area (Å²) in [6.07, 6.45) is 5.53. The molecular weight excluding hydrogens is 273 g/mol. The predicted molar refractivity (Wildman–Crippen MR) is 76.4 cm³/mol. The van der Waals surface area contributed by atoms with Gasteiger partial charge in [0.15, 0.2) is 0 Å². The number of carbonyl (C=O) groups is 1. The van der Waals surface area contributed by atoms with Crippen LogP contribution in [0, 0.1) is 5.92 Å². The van der Waals surface area contributed by atoms with Crippen molar-refractivity contribution in [3.05, 3.63) is 30.1 Å². The minimum absolute atomic E-state index is 0. The van der Waals surface area contributed by atoms with Gasteiger partial charge in [0, 0.05) is 18.9 Å². The summed E-state index contributed by atoms with van der Waals surface area (Å²) in [5.41, 5.74) is 6.06. The number of hydrogen-bond acceptors (Lipinski definition) is 3. The fourth-order valence-electron chi connectivity index (χ4n) is 1.87. The van der Waals surface area contributed by atoms with Gasteiger partial charge < -0.3 is 11.1 Å². The lowest BCUT2D eigenvalue weighted by Gasteiger charge is -2.29. The summed E-state index contributed by atoms with van der Waals surface area (Å²) >= 11 is 0. The van der Waals surface area contributed by atoms with Gasteiger partial charge >= 0.3 is 0 Å². The Morgan fingerprint density at radius 3 is 2.67 bits per heavy atom. The topological polar surface area (TPSA) is 68.0 Å². The van der Waals surface area contributed by atoms with E-state index in [1.54, 1.807) is 24.5 Å². The second-order valence-electron chi connectivity index (χ2n) is 4.59. The molecule has 1 amide bonds. The maximum absolute atomic E-state index is 11.9. The molecule has 1 aliphatic carbocycles. The number of nitrogens with one attached hydrogen (secondary N) is 1. The number of pyridine rings is 1. The van der Waals surface area contributed by atoms with Gasteiger partial charge in [0.2, 0.25) is 0 Å². The lowest BCUT2D eigenvalue weighted by atomic mass is 9.95. The van der Waals surface area contributed by atoms with E-state index in [-0.39, 0.29) is 36.3 Å². The van der Waals surface area contributed by atoms with Gasteiger partial charge in [0.1, 0.15) is 0 Å². The average Bonchev–Trinajstić information content (AvgIpc) is 3.14. The lowest BCUT2D eigenvalue weighted by Crippen LogP contribution is -2.53. The highest BCUT2D eigenvalue weighted by Gasteiger charge is 2.41. The van der Waals surface area contributed by atoms with E-state index in [1.165, 1.54) is 0 Å². The van der Waals surface area contributed by atoms with Crippen molar-refractivity contribution in [2.45, 2.75) is 25.3 Å². The number of halogens is 2. The zero-order valence-electron chi connectivity index (χ0n) is 10.3. The maximum Gasteiger partial charge on any atom is 0.253 e. The van der Waals surface area contributed by atoms with Crippen molar-refractivity contribution in [3.8, 4) is 0 Å². The lowest BCUT2D eigenvalue weighted by molar-refractivity contribution is 0.0897. The number of amides is 1. The first-order valence-corrected chi connectivity index (χ1v) is 5.58. The summed E-state index contributed by atoms with van der Waals surface area (Å²) in [5.74, 6) is 0.436. The van der Waals surface area contributed by atoms with E-state index in [4.69, 9.17) is 5.73 Å². The molecule has 3 N–H and O–H groups in total. The highest BCUT2D eigenvalue weighted by Crippen LogP contribution is 2.39. The monoisotopic (exact) mass is 291 g/mol. The maximum atomic E-state index is 11.9. The molecule has 6 heteroatoms. The van der Waals surface area contributed by atoms with Crippen LogP contribution in [0.25, 0.3) is 0 Å². The fourth-order valence-corrected chi connectivity index (χ4v) is 1.87. The van der Waals surface area contributed by atoms with Crippen LogP contribution >= 0.6 is 24.8 Å². The zero-order valence-corrected chi connectivity index (χ0v) is 11.9. The summed E-state index contributed by atoms with van der Waals surface area (Å²) in [4.78, 5) is 15.9. The number of nitrogens with two attached hydrogens (primary N) is 1. The van der Waals surface area contributed by atoms with Crippen LogP contribution in [0.2, 0.25) is 0 Å². The van der Waals surface area contributed by atoms with Gasteiger partial charge in [0.25, 0.3) is 5.91 Å². The van der Waals surface area contributed by atoms with Crippen molar-refractivity contribution in [1.82, 2.24) is 10.3 Å². The van der Waals surface area contributed by atoms with Crippen molar-refractivity contribution < 1.29 is 4.79 Å². The molecule has 1 aliphatic rings. The minimum atomic E-state index is -0.271. The van der Waals surface area contributed by atoms with Gasteiger partial charge in [-0.1, -0.05) is 0 Å². The molecule has 1 aromatic heterocycles. The third kappa shape index (κ3) is 3.83. The largest absolute Gasteiger partial charge is 0.345 e. The van der Waals surface area contributed by atoms with E-state index < -0.39 is 0 Å². The second kappa shape index (κ2) is 6.92. The minimum Gasteiger partial charge on any atom is -0.345 e. The van der Waals surface area contributed by atoms with E-state index in [0.29, 0.717) is 18.0 Å². The number of rotatable bonds is 4. The van der Waals surface area contributed by atoms with Crippen LogP contribution in [0.3, 0.4) is 0 Å². The van der Waals surface area contributed by atoms with Crippen molar-refractivity contribution >= 4 is 30.7 Å². The van der Waals surface area contributed by atoms with Crippen LogP contribution in [0.1, 0.15) is 30.1 Å². The van der Waals surface area contributed by atoms with Crippen LogP contribution in [-0.2, 0) is 0 Å². The molecule has 1 atom stereocenters. The molecule has 0 saturated heterocycles. The molecule has 4 nitrogen and oxygen atoms in total. The normalized spacial score (nSPS) is 16.8. The van der Waals surface area contributed by atoms with Gasteiger partial charge in [-0.3, -0.25) is 9.78 Å². The first-order valence-electron chi connectivity index (χ1n) is 5.58. The molecule has 0 spiro atoms. The third-order valence-electron chi connectivity index (χ3n) is 3.23. The highest BCUT2D eigenvalue weighted by molar-refractivity contribution is 5.94. The van der Waals surface area contributed by atoms with E-state index in [0.717, 1.165) is 12.8 Å². The smallest absolute Gasteiger partial charge is 0.253 e. The summed E-state index contributed by atoms with van der Waals surface area (Å²) in [7, 11) is 0. The van der Waals surface area contributed by atoms with E-state index >= 15 is 0 Å². The standard InChI is InChI=1S/C12H17N3O.2ClH/c1-12(8-13,10-4-5-10)15-11(16)9-3-2-6-14-7-9;;/h2-3,6-7,10H,4-5,8,13H2,1H3,(H,15,16);2*1H. The average molecular weight is 292 g/mol. The Labute approximate surface area is 120 Å². The summed E-state index contributed by atoms with van der Waals surface area (Å²) in [5, 5.41) is 3.02. The van der Waals surface area contributed by atoms with Crippen molar-refractivity contribution in [3.63, 3.8) is 0 Å². The molecule has 2 rings (SSSR count). The Balaban J connectivity index is 0.00000144. The number of hydrogen-bond donors (Lipinski definition) is 2. The van der Waals surface area contributed by atoms with Crippen LogP contribution in [0.15, 0.2) is 24.5 Å². The molecule has 1 saturated carbocycles. The second-order valence-corrected chi connectivity index (χ2v) is 4.59. The molecule has 18 heavy (non-hydrogen) atoms. The van der Waals surface area contributed by atoms with Crippen molar-refractivity contribution in [2.75, 3.05) is 6.54 Å². The van der Waals surface area contributed by atoms with Crippen LogP contribution in [-0.4, -0.2) is 23.0 Å². The van der Waals surface area contributed by atoms with Gasteiger partial charge in [-0.2, -0.15) is 0 Å². The van der Waals surface area contributed by atoms with E-state index in [1.807, 2.05) is 6.92 Å². The summed E-state index contributed by atoms with van der Waals surface area (Å²) in [6.45, 7) is 2.49. The molecule has 0 radical (unpaired) electrons. The SMILES string of the molecule is CC(CN)(NC(=O)c1cccnc1)C1CC1.Cl.Cl. The van der Waals surface area contributed by atoms with E-state index in [2.05, 4.69) is 10.3 Å². The molecule has 102 valence electrons. The van der Waals surface area contributed by atoms with Gasteiger partial charge in [-0.15, -0.1) is 24.8 Å². The van der Waals surface area contributed by atoms with Crippen molar-refractivity contribution in [2.24, 2.45) is 11.7 Å².